The van der Waals surface area contributed by atoms with Crippen molar-refractivity contribution in [3.8, 4) is 5.75 Å². The monoisotopic (exact) mass is 321 g/mol. The lowest BCUT2D eigenvalue weighted by molar-refractivity contribution is 0.408. The normalized spacial score (nSPS) is 11.0. The number of methoxy groups -OCH3 is 1. The molecular weight excluding hydrogens is 309 g/mol. The van der Waals surface area contributed by atoms with E-state index in [-0.39, 0.29) is 0 Å². The van der Waals surface area contributed by atoms with Gasteiger partial charge in [0.2, 0.25) is 5.95 Å². The number of hydrogen-bond donors (Lipinski definition) is 1. The zero-order valence-electron chi connectivity index (χ0n) is 11.3. The Morgan fingerprint density at radius 1 is 1.19 bits per heavy atom. The Balaban J connectivity index is 2.12. The van der Waals surface area contributed by atoms with Crippen molar-refractivity contribution in [2.45, 2.75) is 6.54 Å². The molecule has 0 amide bonds. The van der Waals surface area contributed by atoms with Gasteiger partial charge in [-0.3, -0.25) is 0 Å². The van der Waals surface area contributed by atoms with E-state index in [1.807, 2.05) is 28.8 Å². The number of ether oxygens (including phenoxy) is 1. The van der Waals surface area contributed by atoms with E-state index in [9.17, 15) is 0 Å². The quantitative estimate of drug-likeness (QED) is 0.793. The summed E-state index contributed by atoms with van der Waals surface area (Å²) >= 11 is 12.1. The lowest BCUT2D eigenvalue weighted by Crippen LogP contribution is -2.05. The molecule has 0 spiro atoms. The van der Waals surface area contributed by atoms with Crippen LogP contribution in [-0.4, -0.2) is 16.7 Å². The van der Waals surface area contributed by atoms with E-state index in [1.54, 1.807) is 19.2 Å². The topological polar surface area (TPSA) is 53.1 Å². The molecule has 1 heterocycles. The van der Waals surface area contributed by atoms with Crippen molar-refractivity contribution in [2.24, 2.45) is 0 Å². The van der Waals surface area contributed by atoms with Crippen LogP contribution in [0.15, 0.2) is 36.4 Å². The van der Waals surface area contributed by atoms with Crippen LogP contribution in [0.3, 0.4) is 0 Å². The van der Waals surface area contributed by atoms with Gasteiger partial charge in [-0.15, -0.1) is 0 Å². The second-order valence-electron chi connectivity index (χ2n) is 4.62. The fourth-order valence-electron chi connectivity index (χ4n) is 2.31. The number of benzene rings is 2. The van der Waals surface area contributed by atoms with Gasteiger partial charge in [-0.25, -0.2) is 4.98 Å². The minimum absolute atomic E-state index is 0.411. The summed E-state index contributed by atoms with van der Waals surface area (Å²) in [6.07, 6.45) is 0. The Hall–Kier alpha value is -1.91. The third kappa shape index (κ3) is 2.52. The van der Waals surface area contributed by atoms with Crippen LogP contribution in [0.4, 0.5) is 5.95 Å². The van der Waals surface area contributed by atoms with Gasteiger partial charge in [0.05, 0.1) is 34.7 Å². The second kappa shape index (κ2) is 5.47. The van der Waals surface area contributed by atoms with Gasteiger partial charge >= 0.3 is 0 Å². The van der Waals surface area contributed by atoms with Crippen LogP contribution in [0.25, 0.3) is 11.0 Å². The highest BCUT2D eigenvalue weighted by molar-refractivity contribution is 6.42. The van der Waals surface area contributed by atoms with Crippen molar-refractivity contribution in [3.63, 3.8) is 0 Å². The molecule has 2 aromatic carbocycles. The minimum Gasteiger partial charge on any atom is -0.496 e. The van der Waals surface area contributed by atoms with E-state index in [1.165, 1.54) is 0 Å². The van der Waals surface area contributed by atoms with Crippen molar-refractivity contribution in [1.29, 1.82) is 0 Å². The number of fused-ring (bicyclic) bond motifs is 1. The molecule has 0 atom stereocenters. The zero-order chi connectivity index (χ0) is 15.0. The lowest BCUT2D eigenvalue weighted by atomic mass is 10.2. The largest absolute Gasteiger partial charge is 0.496 e. The van der Waals surface area contributed by atoms with Gasteiger partial charge in [0, 0.05) is 5.56 Å². The first kappa shape index (κ1) is 14.0. The van der Waals surface area contributed by atoms with Crippen LogP contribution in [0, 0.1) is 0 Å². The van der Waals surface area contributed by atoms with E-state index >= 15 is 0 Å². The van der Waals surface area contributed by atoms with Crippen molar-refractivity contribution >= 4 is 40.2 Å². The average molecular weight is 322 g/mol. The van der Waals surface area contributed by atoms with E-state index in [2.05, 4.69) is 4.98 Å². The molecule has 108 valence electrons. The van der Waals surface area contributed by atoms with Gasteiger partial charge in [0.1, 0.15) is 5.75 Å². The van der Waals surface area contributed by atoms with E-state index in [0.717, 1.165) is 22.3 Å². The molecule has 0 bridgehead atoms. The molecule has 0 radical (unpaired) electrons. The number of anilines is 1. The predicted octanol–water partition coefficient (Wildman–Crippen LogP) is 3.98. The third-order valence-electron chi connectivity index (χ3n) is 3.34. The molecule has 0 fully saturated rings. The zero-order valence-corrected chi connectivity index (χ0v) is 12.8. The van der Waals surface area contributed by atoms with Crippen LogP contribution < -0.4 is 10.5 Å². The summed E-state index contributed by atoms with van der Waals surface area (Å²) in [7, 11) is 1.64. The molecule has 0 aliphatic rings. The van der Waals surface area contributed by atoms with Gasteiger partial charge in [-0.05, 0) is 18.2 Å². The molecule has 6 heteroatoms. The summed E-state index contributed by atoms with van der Waals surface area (Å²) in [6.45, 7) is 0.546. The number of rotatable bonds is 3. The highest BCUT2D eigenvalue weighted by Crippen LogP contribution is 2.30. The first-order valence-electron chi connectivity index (χ1n) is 6.33. The molecule has 3 aromatic rings. The number of halogens is 2. The first-order valence-corrected chi connectivity index (χ1v) is 7.08. The standard InChI is InChI=1S/C15H13Cl2N3O/c1-21-14-5-3-2-4-9(14)8-20-13-7-11(17)10(16)6-12(13)19-15(20)18/h2-7H,8H2,1H3,(H2,18,19). The molecule has 0 aliphatic heterocycles. The summed E-state index contributed by atoms with van der Waals surface area (Å²) in [6, 6.07) is 11.3. The number of para-hydroxylation sites is 1. The van der Waals surface area contributed by atoms with Crippen molar-refractivity contribution < 1.29 is 4.74 Å². The molecule has 4 nitrogen and oxygen atoms in total. The Morgan fingerprint density at radius 2 is 1.90 bits per heavy atom. The highest BCUT2D eigenvalue weighted by Gasteiger charge is 2.13. The summed E-state index contributed by atoms with van der Waals surface area (Å²) in [5.74, 6) is 1.22. The number of nitrogens with two attached hydrogens (primary N) is 1. The van der Waals surface area contributed by atoms with Crippen molar-refractivity contribution in [3.05, 3.63) is 52.0 Å². The van der Waals surface area contributed by atoms with Gasteiger partial charge in [0.25, 0.3) is 0 Å². The number of hydrogen-bond acceptors (Lipinski definition) is 3. The second-order valence-corrected chi connectivity index (χ2v) is 5.44. The average Bonchev–Trinajstić information content (AvgIpc) is 2.76. The number of nitrogens with zero attached hydrogens (tertiary/aromatic N) is 2. The van der Waals surface area contributed by atoms with Crippen LogP contribution in [0.2, 0.25) is 10.0 Å². The summed E-state index contributed by atoms with van der Waals surface area (Å²) < 4.78 is 7.25. The van der Waals surface area contributed by atoms with Gasteiger partial charge in [-0.1, -0.05) is 41.4 Å². The number of aromatic nitrogens is 2. The maximum absolute atomic E-state index is 6.09. The van der Waals surface area contributed by atoms with Crippen LogP contribution in [0.5, 0.6) is 5.75 Å². The molecule has 21 heavy (non-hydrogen) atoms. The molecule has 0 saturated heterocycles. The Labute approximate surface area is 132 Å². The van der Waals surface area contributed by atoms with Gasteiger partial charge in [0.15, 0.2) is 0 Å². The van der Waals surface area contributed by atoms with Crippen LogP contribution >= 0.6 is 23.2 Å². The summed E-state index contributed by atoms with van der Waals surface area (Å²) in [5, 5.41) is 0.941. The van der Waals surface area contributed by atoms with E-state index in [0.29, 0.717) is 22.5 Å². The minimum atomic E-state index is 0.411. The van der Waals surface area contributed by atoms with Crippen molar-refractivity contribution in [1.82, 2.24) is 9.55 Å². The number of imidazole rings is 1. The fourth-order valence-corrected chi connectivity index (χ4v) is 2.62. The summed E-state index contributed by atoms with van der Waals surface area (Å²) in [5.41, 5.74) is 8.59. The van der Waals surface area contributed by atoms with Gasteiger partial charge in [-0.2, -0.15) is 0 Å². The number of nitrogen functional groups attached to an aromatic ring is 1. The fraction of sp³-hybridized carbons (Fsp3) is 0.133. The molecule has 1 aromatic heterocycles. The SMILES string of the molecule is COc1ccccc1Cn1c(N)nc2cc(Cl)c(Cl)cc21. The Kier molecular flexibility index (Phi) is 3.66. The highest BCUT2D eigenvalue weighted by atomic mass is 35.5. The third-order valence-corrected chi connectivity index (χ3v) is 4.06. The summed E-state index contributed by atoms with van der Waals surface area (Å²) in [4.78, 5) is 4.32. The maximum Gasteiger partial charge on any atom is 0.201 e. The van der Waals surface area contributed by atoms with Crippen LogP contribution in [-0.2, 0) is 6.54 Å². The van der Waals surface area contributed by atoms with Crippen molar-refractivity contribution in [2.75, 3.05) is 12.8 Å². The first-order chi connectivity index (χ1) is 10.1. The Morgan fingerprint density at radius 3 is 2.67 bits per heavy atom. The maximum atomic E-state index is 6.09. The lowest BCUT2D eigenvalue weighted by Gasteiger charge is -2.11. The van der Waals surface area contributed by atoms with E-state index < -0.39 is 0 Å². The molecule has 0 unspecified atom stereocenters. The van der Waals surface area contributed by atoms with Gasteiger partial charge < -0.3 is 15.0 Å². The predicted molar refractivity (Wildman–Crippen MR) is 86.3 cm³/mol. The smallest absolute Gasteiger partial charge is 0.201 e. The molecular formula is C15H13Cl2N3O. The van der Waals surface area contributed by atoms with Crippen LogP contribution in [0.1, 0.15) is 5.56 Å². The molecule has 2 N–H and O–H groups in total. The van der Waals surface area contributed by atoms with E-state index in [4.69, 9.17) is 33.7 Å². The Bertz CT molecular complexity index is 814. The molecule has 0 aliphatic carbocycles. The molecule has 0 saturated carbocycles. The molecule has 3 rings (SSSR count).